The molecule has 0 aliphatic carbocycles. The van der Waals surface area contributed by atoms with Crippen molar-refractivity contribution in [2.75, 3.05) is 0 Å². The van der Waals surface area contributed by atoms with Crippen LogP contribution in [0.3, 0.4) is 0 Å². The largest absolute Gasteiger partial charge is 0.326 e. The zero-order valence-electron chi connectivity index (χ0n) is 27.1. The fourth-order valence-corrected chi connectivity index (χ4v) is 5.99. The first-order valence-corrected chi connectivity index (χ1v) is 16.4. The van der Waals surface area contributed by atoms with Crippen LogP contribution in [-0.4, -0.2) is 0 Å². The SMILES string of the molecule is NCc1ccc(C(=Cc2cccc(-c3ccccc3)c2C=C(c2ccc(CN)cc2)c2ccc(CN)cc2)c2ccc(CN)cc2)cc1. The van der Waals surface area contributed by atoms with Crippen molar-refractivity contribution in [1.29, 1.82) is 0 Å². The van der Waals surface area contributed by atoms with Crippen molar-refractivity contribution in [3.8, 4) is 11.1 Å². The van der Waals surface area contributed by atoms with Gasteiger partial charge in [-0.2, -0.15) is 0 Å². The van der Waals surface area contributed by atoms with E-state index in [1.807, 2.05) is 0 Å². The van der Waals surface area contributed by atoms with Gasteiger partial charge in [0.2, 0.25) is 0 Å². The van der Waals surface area contributed by atoms with Crippen molar-refractivity contribution in [1.82, 2.24) is 0 Å². The molecule has 0 bridgehead atoms. The second-order valence-electron chi connectivity index (χ2n) is 11.9. The van der Waals surface area contributed by atoms with Crippen molar-refractivity contribution in [2.24, 2.45) is 22.9 Å². The molecule has 0 amide bonds. The summed E-state index contributed by atoms with van der Waals surface area (Å²) in [5.74, 6) is 0. The maximum Gasteiger partial charge on any atom is 0.0178 e. The maximum absolute atomic E-state index is 5.98. The van der Waals surface area contributed by atoms with Crippen LogP contribution in [0.4, 0.5) is 0 Å². The topological polar surface area (TPSA) is 104 Å². The molecular formula is C44H42N4. The molecule has 0 saturated carbocycles. The Labute approximate surface area is 284 Å². The third kappa shape index (κ3) is 7.44. The van der Waals surface area contributed by atoms with Crippen LogP contribution < -0.4 is 22.9 Å². The number of hydrogen-bond acceptors (Lipinski definition) is 4. The van der Waals surface area contributed by atoms with Crippen molar-refractivity contribution in [3.63, 3.8) is 0 Å². The molecule has 8 N–H and O–H groups in total. The lowest BCUT2D eigenvalue weighted by Gasteiger charge is -2.17. The highest BCUT2D eigenvalue weighted by Gasteiger charge is 2.14. The van der Waals surface area contributed by atoms with E-state index >= 15 is 0 Å². The Morgan fingerprint density at radius 3 is 1.12 bits per heavy atom. The first-order chi connectivity index (χ1) is 23.6. The molecule has 0 unspecified atom stereocenters. The minimum absolute atomic E-state index is 0.498. The molecule has 0 spiro atoms. The number of hydrogen-bond donors (Lipinski definition) is 4. The van der Waals surface area contributed by atoms with Crippen LogP contribution in [0, 0.1) is 0 Å². The average molecular weight is 627 g/mol. The molecule has 0 atom stereocenters. The Hall–Kier alpha value is -5.36. The van der Waals surface area contributed by atoms with Gasteiger partial charge in [0, 0.05) is 26.2 Å². The Balaban J connectivity index is 1.63. The van der Waals surface area contributed by atoms with Gasteiger partial charge >= 0.3 is 0 Å². The van der Waals surface area contributed by atoms with Gasteiger partial charge in [0.1, 0.15) is 0 Å². The molecular weight excluding hydrogens is 585 g/mol. The van der Waals surface area contributed by atoms with Gasteiger partial charge in [-0.3, -0.25) is 0 Å². The summed E-state index contributed by atoms with van der Waals surface area (Å²) in [6.07, 6.45) is 4.63. The predicted molar refractivity (Wildman–Crippen MR) is 203 cm³/mol. The summed E-state index contributed by atoms with van der Waals surface area (Å²) in [5, 5.41) is 0. The predicted octanol–water partition coefficient (Wildman–Crippen LogP) is 8.37. The van der Waals surface area contributed by atoms with Gasteiger partial charge in [-0.1, -0.05) is 146 Å². The minimum Gasteiger partial charge on any atom is -0.326 e. The van der Waals surface area contributed by atoms with E-state index in [9.17, 15) is 0 Å². The van der Waals surface area contributed by atoms with E-state index in [0.717, 1.165) is 77.9 Å². The number of nitrogens with two attached hydrogens (primary N) is 4. The highest BCUT2D eigenvalue weighted by Crippen LogP contribution is 2.36. The van der Waals surface area contributed by atoms with E-state index in [1.54, 1.807) is 0 Å². The fourth-order valence-electron chi connectivity index (χ4n) is 5.99. The molecule has 0 radical (unpaired) electrons. The zero-order chi connectivity index (χ0) is 33.3. The van der Waals surface area contributed by atoms with Gasteiger partial charge in [0.15, 0.2) is 0 Å². The van der Waals surface area contributed by atoms with Crippen LogP contribution in [0.5, 0.6) is 0 Å². The van der Waals surface area contributed by atoms with E-state index in [1.165, 1.54) is 0 Å². The average Bonchev–Trinajstić information content (AvgIpc) is 3.17. The third-order valence-electron chi connectivity index (χ3n) is 8.82. The van der Waals surface area contributed by atoms with Gasteiger partial charge in [0.05, 0.1) is 0 Å². The summed E-state index contributed by atoms with van der Waals surface area (Å²) in [4.78, 5) is 0. The first kappa shape index (κ1) is 32.6. The second kappa shape index (κ2) is 15.5. The molecule has 238 valence electrons. The van der Waals surface area contributed by atoms with Crippen LogP contribution in [0.2, 0.25) is 0 Å². The molecule has 4 nitrogen and oxygen atoms in total. The highest BCUT2D eigenvalue weighted by atomic mass is 14.5. The molecule has 6 aromatic rings. The van der Waals surface area contributed by atoms with Crippen molar-refractivity contribution < 1.29 is 0 Å². The van der Waals surface area contributed by atoms with Crippen LogP contribution in [0.15, 0.2) is 146 Å². The fraction of sp³-hybridized carbons (Fsp3) is 0.0909. The normalized spacial score (nSPS) is 10.8. The summed E-state index contributed by atoms with van der Waals surface area (Å²) in [5.41, 5.74) is 39.5. The molecule has 0 fully saturated rings. The van der Waals surface area contributed by atoms with Gasteiger partial charge in [-0.05, 0) is 90.1 Å². The summed E-state index contributed by atoms with van der Waals surface area (Å²) in [6.45, 7) is 2.00. The lowest BCUT2D eigenvalue weighted by atomic mass is 9.87. The summed E-state index contributed by atoms with van der Waals surface area (Å²) >= 11 is 0. The van der Waals surface area contributed by atoms with Crippen molar-refractivity contribution >= 4 is 23.3 Å². The Morgan fingerprint density at radius 2 is 0.750 bits per heavy atom. The Bertz CT molecular complexity index is 1910. The zero-order valence-corrected chi connectivity index (χ0v) is 27.1. The number of rotatable bonds is 11. The third-order valence-corrected chi connectivity index (χ3v) is 8.82. The molecule has 0 aromatic heterocycles. The monoisotopic (exact) mass is 626 g/mol. The van der Waals surface area contributed by atoms with E-state index in [-0.39, 0.29) is 0 Å². The van der Waals surface area contributed by atoms with Crippen LogP contribution in [-0.2, 0) is 26.2 Å². The minimum atomic E-state index is 0.498. The Kier molecular flexibility index (Phi) is 10.5. The van der Waals surface area contributed by atoms with E-state index < -0.39 is 0 Å². The summed E-state index contributed by atoms with van der Waals surface area (Å²) in [6, 6.07) is 51.2. The van der Waals surface area contributed by atoms with Gasteiger partial charge in [-0.25, -0.2) is 0 Å². The van der Waals surface area contributed by atoms with E-state index in [0.29, 0.717) is 26.2 Å². The van der Waals surface area contributed by atoms with Crippen molar-refractivity contribution in [2.45, 2.75) is 26.2 Å². The molecule has 48 heavy (non-hydrogen) atoms. The van der Waals surface area contributed by atoms with Crippen molar-refractivity contribution in [3.05, 3.63) is 201 Å². The van der Waals surface area contributed by atoms with Crippen LogP contribution in [0.25, 0.3) is 34.4 Å². The van der Waals surface area contributed by atoms with Gasteiger partial charge in [-0.15, -0.1) is 0 Å². The Morgan fingerprint density at radius 1 is 0.375 bits per heavy atom. The van der Waals surface area contributed by atoms with E-state index in [4.69, 9.17) is 22.9 Å². The van der Waals surface area contributed by atoms with Gasteiger partial charge in [0.25, 0.3) is 0 Å². The lowest BCUT2D eigenvalue weighted by molar-refractivity contribution is 1.07. The molecule has 6 aromatic carbocycles. The first-order valence-electron chi connectivity index (χ1n) is 16.4. The molecule has 6 rings (SSSR count). The maximum atomic E-state index is 5.98. The molecule has 0 aliphatic heterocycles. The van der Waals surface area contributed by atoms with Gasteiger partial charge < -0.3 is 22.9 Å². The van der Waals surface area contributed by atoms with E-state index in [2.05, 4.69) is 158 Å². The summed E-state index contributed by atoms with van der Waals surface area (Å²) in [7, 11) is 0. The van der Waals surface area contributed by atoms with Crippen LogP contribution >= 0.6 is 0 Å². The van der Waals surface area contributed by atoms with Crippen LogP contribution in [0.1, 0.15) is 55.6 Å². The molecule has 4 heteroatoms. The quantitative estimate of drug-likeness (QED) is 0.109. The highest BCUT2D eigenvalue weighted by molar-refractivity contribution is 5.99. The number of benzene rings is 6. The molecule has 0 aliphatic rings. The second-order valence-corrected chi connectivity index (χ2v) is 11.9. The molecule has 0 heterocycles. The summed E-state index contributed by atoms with van der Waals surface area (Å²) < 4.78 is 0. The standard InChI is InChI=1S/C44H42N4/c45-27-31-9-17-36(18-10-31)42(37-19-11-32(28-46)12-20-37)25-40-7-4-8-41(35-5-2-1-3-6-35)44(40)26-43(38-21-13-33(29-47)14-22-38)39-23-15-34(30-48)16-24-39/h1-26H,27-30,45-48H2. The lowest BCUT2D eigenvalue weighted by Crippen LogP contribution is -1.99. The smallest absolute Gasteiger partial charge is 0.0178 e. The molecule has 0 saturated heterocycles.